The fourth-order valence-corrected chi connectivity index (χ4v) is 3.84. The van der Waals surface area contributed by atoms with Crippen LogP contribution in [0.15, 0.2) is 24.3 Å². The largest absolute Gasteiger partial charge is 0.497 e. The van der Waals surface area contributed by atoms with Crippen LogP contribution in [-0.4, -0.2) is 31.0 Å². The van der Waals surface area contributed by atoms with Crippen LogP contribution in [0.3, 0.4) is 0 Å². The predicted octanol–water partition coefficient (Wildman–Crippen LogP) is 2.89. The highest BCUT2D eigenvalue weighted by atomic mass is 16.5. The number of amides is 1. The first kappa shape index (κ1) is 13.2. The first-order chi connectivity index (χ1) is 10.2. The lowest BCUT2D eigenvalue weighted by Gasteiger charge is -2.33. The van der Waals surface area contributed by atoms with Crippen molar-refractivity contribution in [3.05, 3.63) is 29.8 Å². The minimum absolute atomic E-state index is 0.152. The van der Waals surface area contributed by atoms with Gasteiger partial charge in [-0.3, -0.25) is 4.79 Å². The van der Waals surface area contributed by atoms with E-state index in [-0.39, 0.29) is 5.41 Å². The van der Waals surface area contributed by atoms with Gasteiger partial charge in [0.2, 0.25) is 5.91 Å². The highest BCUT2D eigenvalue weighted by Gasteiger charge is 2.75. The van der Waals surface area contributed by atoms with Crippen molar-refractivity contribution < 1.29 is 9.53 Å². The van der Waals surface area contributed by atoms with Gasteiger partial charge in [0, 0.05) is 13.1 Å². The standard InChI is InChI=1S/C18H23NO2/c1-21-16-4-2-3-14(10-16)9-13-5-7-19(8-6-13)17(20)18-11-15(18)12-18/h2-4,10,13,15H,5-9,11-12H2,1H3. The number of fused-ring (bicyclic) bond motifs is 1. The molecule has 0 N–H and O–H groups in total. The van der Waals surface area contributed by atoms with Gasteiger partial charge in [-0.25, -0.2) is 0 Å². The molecule has 1 aromatic rings. The molecule has 1 heterocycles. The highest BCUT2D eigenvalue weighted by Crippen LogP contribution is 2.76. The summed E-state index contributed by atoms with van der Waals surface area (Å²) in [6.45, 7) is 1.92. The van der Waals surface area contributed by atoms with Crippen LogP contribution in [0.1, 0.15) is 31.2 Å². The lowest BCUT2D eigenvalue weighted by atomic mass is 9.89. The third-order valence-corrected chi connectivity index (χ3v) is 5.67. The molecule has 1 saturated heterocycles. The van der Waals surface area contributed by atoms with Crippen molar-refractivity contribution in [2.75, 3.05) is 20.2 Å². The van der Waals surface area contributed by atoms with Crippen LogP contribution in [0, 0.1) is 17.3 Å². The first-order valence-corrected chi connectivity index (χ1v) is 8.13. The minimum atomic E-state index is 0.152. The summed E-state index contributed by atoms with van der Waals surface area (Å²) in [5.41, 5.74) is 1.50. The minimum Gasteiger partial charge on any atom is -0.497 e. The first-order valence-electron chi connectivity index (χ1n) is 8.13. The number of hydrogen-bond donors (Lipinski definition) is 0. The molecule has 3 heteroatoms. The highest BCUT2D eigenvalue weighted by molar-refractivity contribution is 5.90. The predicted molar refractivity (Wildman–Crippen MR) is 81.2 cm³/mol. The van der Waals surface area contributed by atoms with Gasteiger partial charge in [-0.1, -0.05) is 12.1 Å². The van der Waals surface area contributed by atoms with Crippen LogP contribution < -0.4 is 4.74 Å². The Labute approximate surface area is 126 Å². The summed E-state index contributed by atoms with van der Waals surface area (Å²) < 4.78 is 5.29. The number of likely N-dealkylation sites (tertiary alicyclic amines) is 1. The number of nitrogens with zero attached hydrogens (tertiary/aromatic N) is 1. The lowest BCUT2D eigenvalue weighted by Crippen LogP contribution is -2.41. The quantitative estimate of drug-likeness (QED) is 0.851. The maximum absolute atomic E-state index is 12.4. The molecule has 2 saturated carbocycles. The van der Waals surface area contributed by atoms with Gasteiger partial charge in [0.15, 0.2) is 0 Å². The van der Waals surface area contributed by atoms with Gasteiger partial charge in [0.05, 0.1) is 12.5 Å². The number of carbonyl (C=O) groups excluding carboxylic acids is 1. The summed E-state index contributed by atoms with van der Waals surface area (Å²) in [4.78, 5) is 14.5. The second-order valence-electron chi connectivity index (χ2n) is 7.05. The zero-order valence-electron chi connectivity index (χ0n) is 12.7. The maximum Gasteiger partial charge on any atom is 0.229 e. The van der Waals surface area contributed by atoms with Crippen LogP contribution in [0.5, 0.6) is 5.75 Å². The molecule has 1 aliphatic heterocycles. The fourth-order valence-electron chi connectivity index (χ4n) is 3.84. The Kier molecular flexibility index (Phi) is 2.98. The van der Waals surface area contributed by atoms with Crippen molar-refractivity contribution in [3.63, 3.8) is 0 Å². The van der Waals surface area contributed by atoms with Crippen molar-refractivity contribution in [2.45, 2.75) is 32.1 Å². The molecule has 3 nitrogen and oxygen atoms in total. The monoisotopic (exact) mass is 285 g/mol. The Hall–Kier alpha value is -1.51. The SMILES string of the molecule is COc1cccc(CC2CCN(C(=O)C34CC3C4)CC2)c1. The number of hydrogen-bond acceptors (Lipinski definition) is 2. The van der Waals surface area contributed by atoms with Crippen LogP contribution in [-0.2, 0) is 11.2 Å². The molecule has 21 heavy (non-hydrogen) atoms. The third-order valence-electron chi connectivity index (χ3n) is 5.67. The Morgan fingerprint density at radius 1 is 1.33 bits per heavy atom. The Morgan fingerprint density at radius 2 is 2.05 bits per heavy atom. The molecule has 0 spiro atoms. The van der Waals surface area contributed by atoms with Gasteiger partial charge in [-0.2, -0.15) is 0 Å². The van der Waals surface area contributed by atoms with Crippen molar-refractivity contribution in [1.29, 1.82) is 0 Å². The number of ether oxygens (including phenoxy) is 1. The second kappa shape index (κ2) is 4.75. The van der Waals surface area contributed by atoms with Crippen molar-refractivity contribution in [1.82, 2.24) is 4.90 Å². The van der Waals surface area contributed by atoms with Crippen LogP contribution in [0.2, 0.25) is 0 Å². The third kappa shape index (κ3) is 2.33. The van der Waals surface area contributed by atoms with Gasteiger partial charge >= 0.3 is 0 Å². The zero-order chi connectivity index (χ0) is 14.4. The normalized spacial score (nSPS) is 30.7. The molecular weight excluding hydrogens is 262 g/mol. The average Bonchev–Trinajstić information content (AvgIpc) is 3.37. The molecule has 0 bridgehead atoms. The van der Waals surface area contributed by atoms with Crippen molar-refractivity contribution in [3.8, 4) is 5.75 Å². The van der Waals surface area contributed by atoms with Gasteiger partial charge in [-0.05, 0) is 61.6 Å². The fraction of sp³-hybridized carbons (Fsp3) is 0.611. The number of methoxy groups -OCH3 is 1. The molecule has 0 unspecified atom stereocenters. The summed E-state index contributed by atoms with van der Waals surface area (Å²) in [5.74, 6) is 2.87. The van der Waals surface area contributed by atoms with E-state index in [4.69, 9.17) is 4.74 Å². The Bertz CT molecular complexity index is 554. The second-order valence-corrected chi connectivity index (χ2v) is 7.05. The Balaban J connectivity index is 1.31. The Morgan fingerprint density at radius 3 is 2.67 bits per heavy atom. The van der Waals surface area contributed by atoms with E-state index in [1.807, 2.05) is 6.07 Å². The summed E-state index contributed by atoms with van der Waals surface area (Å²) in [5, 5.41) is 0. The molecule has 0 aromatic heterocycles. The van der Waals surface area contributed by atoms with E-state index in [2.05, 4.69) is 23.1 Å². The summed E-state index contributed by atoms with van der Waals surface area (Å²) >= 11 is 0. The van der Waals surface area contributed by atoms with Crippen molar-refractivity contribution >= 4 is 5.91 Å². The molecule has 0 atom stereocenters. The molecule has 4 rings (SSSR count). The van der Waals surface area contributed by atoms with Gasteiger partial charge in [-0.15, -0.1) is 0 Å². The average molecular weight is 285 g/mol. The molecule has 3 fully saturated rings. The van der Waals surface area contributed by atoms with E-state index in [1.165, 1.54) is 18.4 Å². The van der Waals surface area contributed by atoms with Gasteiger partial charge in [0.25, 0.3) is 0 Å². The molecule has 1 aromatic carbocycles. The lowest BCUT2D eigenvalue weighted by molar-refractivity contribution is -0.136. The molecule has 2 aliphatic carbocycles. The van der Waals surface area contributed by atoms with E-state index in [1.54, 1.807) is 7.11 Å². The molecular formula is C18H23NO2. The smallest absolute Gasteiger partial charge is 0.229 e. The van der Waals surface area contributed by atoms with Crippen LogP contribution in [0.25, 0.3) is 0 Å². The number of benzene rings is 1. The van der Waals surface area contributed by atoms with Crippen molar-refractivity contribution in [2.24, 2.45) is 17.3 Å². The van der Waals surface area contributed by atoms with E-state index in [9.17, 15) is 4.79 Å². The van der Waals surface area contributed by atoms with E-state index >= 15 is 0 Å². The summed E-state index contributed by atoms with van der Waals surface area (Å²) in [6.07, 6.45) is 5.74. The van der Waals surface area contributed by atoms with E-state index in [0.29, 0.717) is 11.8 Å². The maximum atomic E-state index is 12.4. The summed E-state index contributed by atoms with van der Waals surface area (Å²) in [7, 11) is 1.71. The van der Waals surface area contributed by atoms with E-state index in [0.717, 1.165) is 44.0 Å². The molecule has 112 valence electrons. The zero-order valence-corrected chi connectivity index (χ0v) is 12.7. The van der Waals surface area contributed by atoms with E-state index < -0.39 is 0 Å². The van der Waals surface area contributed by atoms with Gasteiger partial charge < -0.3 is 9.64 Å². The number of rotatable bonds is 4. The summed E-state index contributed by atoms with van der Waals surface area (Å²) in [6, 6.07) is 8.37. The molecule has 1 amide bonds. The number of piperidine rings is 1. The topological polar surface area (TPSA) is 29.5 Å². The van der Waals surface area contributed by atoms with Gasteiger partial charge in [0.1, 0.15) is 5.75 Å². The number of carbonyl (C=O) groups is 1. The molecule has 0 radical (unpaired) electrons. The molecule has 3 aliphatic rings. The van der Waals surface area contributed by atoms with Crippen LogP contribution in [0.4, 0.5) is 0 Å². The van der Waals surface area contributed by atoms with Crippen LogP contribution >= 0.6 is 0 Å².